The van der Waals surface area contributed by atoms with Crippen LogP contribution in [0.2, 0.25) is 0 Å². The number of hydrogen-bond donors (Lipinski definition) is 1. The van der Waals surface area contributed by atoms with Crippen LogP contribution in [0.1, 0.15) is 17.8 Å². The van der Waals surface area contributed by atoms with Crippen molar-refractivity contribution >= 4 is 33.9 Å². The molecular formula is C22H20N4O. The highest BCUT2D eigenvalue weighted by Crippen LogP contribution is 2.17. The fourth-order valence-corrected chi connectivity index (χ4v) is 3.28. The third-order valence-electron chi connectivity index (χ3n) is 4.62. The van der Waals surface area contributed by atoms with E-state index in [4.69, 9.17) is 0 Å². The van der Waals surface area contributed by atoms with Crippen LogP contribution in [0.15, 0.2) is 71.8 Å². The molecule has 0 aliphatic heterocycles. The van der Waals surface area contributed by atoms with Gasteiger partial charge in [0, 0.05) is 18.5 Å². The normalized spacial score (nSPS) is 11.4. The zero-order valence-corrected chi connectivity index (χ0v) is 15.1. The van der Waals surface area contributed by atoms with Gasteiger partial charge in [-0.1, -0.05) is 54.6 Å². The second kappa shape index (κ2) is 7.41. The summed E-state index contributed by atoms with van der Waals surface area (Å²) in [6.45, 7) is 2.53. The molecule has 1 heterocycles. The molecule has 0 aliphatic rings. The quantitative estimate of drug-likeness (QED) is 0.433. The lowest BCUT2D eigenvalue weighted by atomic mass is 10.1. The molecule has 4 aromatic rings. The number of carbonyl (C=O) groups excluding carboxylic acids is 1. The SMILES string of the molecule is Cc1nc2ccccc2n1CCC(=O)N/N=C/c1cccc2ccccc12. The number of hydrazone groups is 1. The van der Waals surface area contributed by atoms with Crippen molar-refractivity contribution in [1.29, 1.82) is 0 Å². The molecule has 134 valence electrons. The summed E-state index contributed by atoms with van der Waals surface area (Å²) < 4.78 is 2.06. The van der Waals surface area contributed by atoms with Crippen LogP contribution in [0.3, 0.4) is 0 Å². The molecule has 0 saturated heterocycles. The van der Waals surface area contributed by atoms with Gasteiger partial charge in [0.25, 0.3) is 0 Å². The Morgan fingerprint density at radius 2 is 1.85 bits per heavy atom. The average Bonchev–Trinajstić information content (AvgIpc) is 3.01. The fourth-order valence-electron chi connectivity index (χ4n) is 3.28. The van der Waals surface area contributed by atoms with E-state index in [2.05, 4.69) is 32.2 Å². The first-order valence-electron chi connectivity index (χ1n) is 8.94. The Labute approximate surface area is 157 Å². The maximum Gasteiger partial charge on any atom is 0.241 e. The van der Waals surface area contributed by atoms with Crippen molar-refractivity contribution in [2.24, 2.45) is 5.10 Å². The van der Waals surface area contributed by atoms with Crippen LogP contribution < -0.4 is 5.43 Å². The molecule has 0 radical (unpaired) electrons. The number of para-hydroxylation sites is 2. The maximum atomic E-state index is 12.2. The molecule has 0 aliphatic carbocycles. The second-order valence-electron chi connectivity index (χ2n) is 6.41. The molecule has 5 heteroatoms. The number of carbonyl (C=O) groups is 1. The van der Waals surface area contributed by atoms with Crippen molar-refractivity contribution in [3.8, 4) is 0 Å². The number of benzene rings is 3. The highest BCUT2D eigenvalue weighted by atomic mass is 16.2. The van der Waals surface area contributed by atoms with Gasteiger partial charge in [0.1, 0.15) is 5.82 Å². The van der Waals surface area contributed by atoms with Crippen molar-refractivity contribution in [1.82, 2.24) is 15.0 Å². The molecule has 4 rings (SSSR count). The van der Waals surface area contributed by atoms with E-state index in [1.807, 2.05) is 61.5 Å². The summed E-state index contributed by atoms with van der Waals surface area (Å²) in [7, 11) is 0. The second-order valence-corrected chi connectivity index (χ2v) is 6.41. The minimum Gasteiger partial charge on any atom is -0.328 e. The molecule has 1 aromatic heterocycles. The standard InChI is InChI=1S/C22H20N4O/c1-16-24-20-11-4-5-12-21(20)26(16)14-13-22(27)25-23-15-18-9-6-8-17-7-2-3-10-19(17)18/h2-12,15H,13-14H2,1H3,(H,25,27)/b23-15+. The van der Waals surface area contributed by atoms with Gasteiger partial charge in [0.15, 0.2) is 0 Å². The molecule has 1 amide bonds. The number of aryl methyl sites for hydroxylation is 2. The molecule has 0 bridgehead atoms. The summed E-state index contributed by atoms with van der Waals surface area (Å²) in [6.07, 6.45) is 2.03. The van der Waals surface area contributed by atoms with Gasteiger partial charge >= 0.3 is 0 Å². The van der Waals surface area contributed by atoms with Crippen LogP contribution in [-0.4, -0.2) is 21.7 Å². The van der Waals surface area contributed by atoms with Crippen LogP contribution in [0.5, 0.6) is 0 Å². The molecule has 3 aromatic carbocycles. The lowest BCUT2D eigenvalue weighted by molar-refractivity contribution is -0.121. The Balaban J connectivity index is 1.41. The number of fused-ring (bicyclic) bond motifs is 2. The summed E-state index contributed by atoms with van der Waals surface area (Å²) in [5, 5.41) is 6.39. The van der Waals surface area contributed by atoms with Gasteiger partial charge in [0.2, 0.25) is 5.91 Å². The molecule has 1 N–H and O–H groups in total. The van der Waals surface area contributed by atoms with Crippen molar-refractivity contribution in [2.75, 3.05) is 0 Å². The maximum absolute atomic E-state index is 12.2. The monoisotopic (exact) mass is 356 g/mol. The molecule has 0 atom stereocenters. The first kappa shape index (κ1) is 17.0. The summed E-state index contributed by atoms with van der Waals surface area (Å²) in [6, 6.07) is 22.1. The van der Waals surface area contributed by atoms with E-state index in [9.17, 15) is 4.79 Å². The van der Waals surface area contributed by atoms with Crippen LogP contribution in [0.25, 0.3) is 21.8 Å². The van der Waals surface area contributed by atoms with E-state index in [0.717, 1.165) is 33.2 Å². The number of amides is 1. The highest BCUT2D eigenvalue weighted by molar-refractivity contribution is 5.99. The Kier molecular flexibility index (Phi) is 4.66. The lowest BCUT2D eigenvalue weighted by Gasteiger charge is -2.06. The minimum absolute atomic E-state index is 0.122. The van der Waals surface area contributed by atoms with Crippen LogP contribution in [-0.2, 0) is 11.3 Å². The van der Waals surface area contributed by atoms with E-state index in [-0.39, 0.29) is 5.91 Å². The van der Waals surface area contributed by atoms with Gasteiger partial charge in [-0.3, -0.25) is 4.79 Å². The largest absolute Gasteiger partial charge is 0.328 e. The number of imidazole rings is 1. The van der Waals surface area contributed by atoms with Gasteiger partial charge in [0.05, 0.1) is 17.2 Å². The number of aromatic nitrogens is 2. The Bertz CT molecular complexity index is 1140. The smallest absolute Gasteiger partial charge is 0.241 e. The van der Waals surface area contributed by atoms with Crippen molar-refractivity contribution in [2.45, 2.75) is 19.9 Å². The Hall–Kier alpha value is -3.47. The van der Waals surface area contributed by atoms with Gasteiger partial charge in [-0.05, 0) is 29.8 Å². The van der Waals surface area contributed by atoms with Gasteiger partial charge in [-0.2, -0.15) is 5.10 Å². The van der Waals surface area contributed by atoms with Gasteiger partial charge < -0.3 is 4.57 Å². The van der Waals surface area contributed by atoms with Crippen LogP contribution >= 0.6 is 0 Å². The molecular weight excluding hydrogens is 336 g/mol. The van der Waals surface area contributed by atoms with E-state index in [0.29, 0.717) is 13.0 Å². The number of nitrogens with one attached hydrogen (secondary N) is 1. The Morgan fingerprint density at radius 1 is 1.07 bits per heavy atom. The third-order valence-corrected chi connectivity index (χ3v) is 4.62. The molecule has 0 fully saturated rings. The first-order chi connectivity index (χ1) is 13.2. The number of nitrogens with zero attached hydrogens (tertiary/aromatic N) is 3. The summed E-state index contributed by atoms with van der Waals surface area (Å²) >= 11 is 0. The predicted molar refractivity (Wildman–Crippen MR) is 109 cm³/mol. The summed E-state index contributed by atoms with van der Waals surface area (Å²) in [5.74, 6) is 0.784. The Morgan fingerprint density at radius 3 is 2.78 bits per heavy atom. The van der Waals surface area contributed by atoms with Crippen LogP contribution in [0.4, 0.5) is 0 Å². The van der Waals surface area contributed by atoms with E-state index in [1.54, 1.807) is 6.21 Å². The fraction of sp³-hybridized carbons (Fsp3) is 0.136. The van der Waals surface area contributed by atoms with E-state index in [1.165, 1.54) is 0 Å². The van der Waals surface area contributed by atoms with E-state index >= 15 is 0 Å². The minimum atomic E-state index is -0.122. The predicted octanol–water partition coefficient (Wildman–Crippen LogP) is 4.04. The van der Waals surface area contributed by atoms with Crippen molar-refractivity contribution < 1.29 is 4.79 Å². The third kappa shape index (κ3) is 3.58. The molecule has 27 heavy (non-hydrogen) atoms. The van der Waals surface area contributed by atoms with Crippen molar-refractivity contribution in [3.63, 3.8) is 0 Å². The first-order valence-corrected chi connectivity index (χ1v) is 8.94. The van der Waals surface area contributed by atoms with Crippen molar-refractivity contribution in [3.05, 3.63) is 78.1 Å². The van der Waals surface area contributed by atoms with E-state index < -0.39 is 0 Å². The number of hydrogen-bond acceptors (Lipinski definition) is 3. The average molecular weight is 356 g/mol. The topological polar surface area (TPSA) is 59.3 Å². The summed E-state index contributed by atoms with van der Waals surface area (Å²) in [4.78, 5) is 16.7. The number of rotatable bonds is 5. The zero-order valence-electron chi connectivity index (χ0n) is 15.1. The summed E-state index contributed by atoms with van der Waals surface area (Å²) in [5.41, 5.74) is 5.59. The zero-order chi connectivity index (χ0) is 18.6. The molecule has 5 nitrogen and oxygen atoms in total. The molecule has 0 spiro atoms. The highest BCUT2D eigenvalue weighted by Gasteiger charge is 2.08. The van der Waals surface area contributed by atoms with Crippen LogP contribution in [0, 0.1) is 6.92 Å². The molecule has 0 saturated carbocycles. The lowest BCUT2D eigenvalue weighted by Crippen LogP contribution is -2.19. The van der Waals surface area contributed by atoms with Gasteiger partial charge in [-0.15, -0.1) is 0 Å². The molecule has 0 unspecified atom stereocenters. The van der Waals surface area contributed by atoms with Gasteiger partial charge in [-0.25, -0.2) is 10.4 Å².